The van der Waals surface area contributed by atoms with Crippen molar-refractivity contribution in [1.29, 1.82) is 0 Å². The summed E-state index contributed by atoms with van der Waals surface area (Å²) in [6.45, 7) is 9.81. The van der Waals surface area contributed by atoms with Gasteiger partial charge in [-0.1, -0.05) is 6.07 Å². The molecule has 7 nitrogen and oxygen atoms in total. The van der Waals surface area contributed by atoms with Gasteiger partial charge in [-0.2, -0.15) is 0 Å². The molecule has 3 aromatic rings. The third-order valence-corrected chi connectivity index (χ3v) is 7.83. The highest BCUT2D eigenvalue weighted by Crippen LogP contribution is 2.41. The Labute approximate surface area is 226 Å². The first-order valence-electron chi connectivity index (χ1n) is 13.2. The standard InChI is InChI=1S/C29H38N6OS/c1-21-20-25(22(2)35(21)24-11-9-23(10-12-24)33-16-18-36-19-17-33)28-27(26-8-5-6-13-30-26)31-29(37)34(28)15-7-14-32(3)4/h5-6,8-13,20,27-28H,7,14-19H2,1-4H3,(H,31,37)/t27-,28-/m0/s1. The molecule has 2 fully saturated rings. The molecule has 0 bridgehead atoms. The molecule has 8 heteroatoms. The molecular weight excluding hydrogens is 480 g/mol. The van der Waals surface area contributed by atoms with Crippen molar-refractivity contribution >= 4 is 23.0 Å². The molecule has 2 aliphatic rings. The lowest BCUT2D eigenvalue weighted by molar-refractivity contribution is 0.122. The predicted octanol–water partition coefficient (Wildman–Crippen LogP) is 4.25. The fourth-order valence-electron chi connectivity index (χ4n) is 5.66. The summed E-state index contributed by atoms with van der Waals surface area (Å²) in [7, 11) is 4.24. The van der Waals surface area contributed by atoms with Crippen molar-refractivity contribution in [2.45, 2.75) is 32.4 Å². The van der Waals surface area contributed by atoms with Crippen molar-refractivity contribution in [2.24, 2.45) is 0 Å². The number of aromatic nitrogens is 2. The summed E-state index contributed by atoms with van der Waals surface area (Å²) in [6, 6.07) is 17.5. The van der Waals surface area contributed by atoms with Crippen molar-refractivity contribution in [2.75, 3.05) is 58.4 Å². The number of ether oxygens (including phenoxy) is 1. The molecule has 4 heterocycles. The minimum atomic E-state index is 0.00528. The molecule has 0 saturated carbocycles. The van der Waals surface area contributed by atoms with E-state index in [0.717, 1.165) is 56.6 Å². The molecule has 0 aliphatic carbocycles. The van der Waals surface area contributed by atoms with Crippen LogP contribution in [0.5, 0.6) is 0 Å². The van der Waals surface area contributed by atoms with Gasteiger partial charge in [0.15, 0.2) is 5.11 Å². The summed E-state index contributed by atoms with van der Waals surface area (Å²) in [6.07, 6.45) is 2.91. The Kier molecular flexibility index (Phi) is 7.79. The topological polar surface area (TPSA) is 48.8 Å². The Morgan fingerprint density at radius 3 is 2.46 bits per heavy atom. The number of rotatable bonds is 8. The van der Waals surface area contributed by atoms with Crippen LogP contribution in [0.3, 0.4) is 0 Å². The van der Waals surface area contributed by atoms with Crippen molar-refractivity contribution in [3.05, 3.63) is 77.4 Å². The largest absolute Gasteiger partial charge is 0.378 e. The average molecular weight is 519 g/mol. The number of nitrogens with one attached hydrogen (secondary N) is 1. The van der Waals surface area contributed by atoms with Gasteiger partial charge in [-0.15, -0.1) is 0 Å². The second-order valence-electron chi connectivity index (χ2n) is 10.3. The van der Waals surface area contributed by atoms with Crippen LogP contribution in [-0.2, 0) is 4.74 Å². The van der Waals surface area contributed by atoms with Gasteiger partial charge in [0.25, 0.3) is 0 Å². The summed E-state index contributed by atoms with van der Waals surface area (Å²) in [4.78, 5) is 11.7. The van der Waals surface area contributed by atoms with Crippen molar-refractivity contribution in [3.8, 4) is 5.69 Å². The van der Waals surface area contributed by atoms with Crippen LogP contribution in [0.4, 0.5) is 5.69 Å². The van der Waals surface area contributed by atoms with Crippen LogP contribution in [0.2, 0.25) is 0 Å². The summed E-state index contributed by atoms with van der Waals surface area (Å²) in [5.41, 5.74) is 7.21. The number of aryl methyl sites for hydroxylation is 1. The molecule has 0 radical (unpaired) electrons. The molecule has 1 N–H and O–H groups in total. The number of nitrogens with zero attached hydrogens (tertiary/aromatic N) is 5. The highest BCUT2D eigenvalue weighted by molar-refractivity contribution is 7.80. The lowest BCUT2D eigenvalue weighted by Crippen LogP contribution is -2.36. The van der Waals surface area contributed by atoms with E-state index in [1.807, 2.05) is 12.3 Å². The van der Waals surface area contributed by atoms with E-state index in [9.17, 15) is 0 Å². The molecule has 2 atom stereocenters. The summed E-state index contributed by atoms with van der Waals surface area (Å²) in [5.74, 6) is 0. The number of hydrogen-bond donors (Lipinski definition) is 1. The lowest BCUT2D eigenvalue weighted by Gasteiger charge is -2.29. The van der Waals surface area contributed by atoms with Gasteiger partial charge in [0.05, 0.1) is 31.0 Å². The molecular formula is C29H38N6OS. The summed E-state index contributed by atoms with van der Waals surface area (Å²) in [5, 5.41) is 4.41. The predicted molar refractivity (Wildman–Crippen MR) is 154 cm³/mol. The quantitative estimate of drug-likeness (QED) is 0.448. The van der Waals surface area contributed by atoms with Gasteiger partial charge in [0.2, 0.25) is 0 Å². The molecule has 0 amide bonds. The van der Waals surface area contributed by atoms with Crippen LogP contribution < -0.4 is 10.2 Å². The van der Waals surface area contributed by atoms with Crippen molar-refractivity contribution in [1.82, 2.24) is 24.7 Å². The smallest absolute Gasteiger partial charge is 0.170 e. The average Bonchev–Trinajstić information content (AvgIpc) is 3.39. The van der Waals surface area contributed by atoms with Crippen LogP contribution in [0.25, 0.3) is 5.69 Å². The SMILES string of the molecule is Cc1cc([C@H]2[C@H](c3ccccn3)NC(=S)N2CCCN(C)C)c(C)n1-c1ccc(N2CCOCC2)cc1. The molecule has 2 saturated heterocycles. The summed E-state index contributed by atoms with van der Waals surface area (Å²) >= 11 is 5.88. The van der Waals surface area contributed by atoms with Crippen LogP contribution in [0, 0.1) is 13.8 Å². The van der Waals surface area contributed by atoms with E-state index in [-0.39, 0.29) is 12.1 Å². The third-order valence-electron chi connectivity index (χ3n) is 7.48. The number of benzene rings is 1. The number of pyridine rings is 1. The number of hydrogen-bond acceptors (Lipinski definition) is 5. The van der Waals surface area contributed by atoms with Gasteiger partial charge >= 0.3 is 0 Å². The first kappa shape index (κ1) is 25.7. The summed E-state index contributed by atoms with van der Waals surface area (Å²) < 4.78 is 7.89. The maximum absolute atomic E-state index is 5.88. The normalized spacial score (nSPS) is 20.1. The maximum Gasteiger partial charge on any atom is 0.170 e. The monoisotopic (exact) mass is 518 g/mol. The van der Waals surface area contributed by atoms with Gasteiger partial charge < -0.3 is 29.3 Å². The molecule has 2 aliphatic heterocycles. The molecule has 0 spiro atoms. The minimum absolute atomic E-state index is 0.00528. The van der Waals surface area contributed by atoms with E-state index < -0.39 is 0 Å². The van der Waals surface area contributed by atoms with E-state index in [1.54, 1.807) is 0 Å². The van der Waals surface area contributed by atoms with Crippen LogP contribution >= 0.6 is 12.2 Å². The van der Waals surface area contributed by atoms with Gasteiger partial charge in [-0.25, -0.2) is 0 Å². The third kappa shape index (κ3) is 5.37. The Morgan fingerprint density at radius 2 is 1.78 bits per heavy atom. The van der Waals surface area contributed by atoms with E-state index in [1.165, 1.54) is 28.3 Å². The van der Waals surface area contributed by atoms with E-state index >= 15 is 0 Å². The maximum atomic E-state index is 5.88. The van der Waals surface area contributed by atoms with E-state index in [0.29, 0.717) is 0 Å². The van der Waals surface area contributed by atoms with Crippen molar-refractivity contribution < 1.29 is 4.74 Å². The molecule has 1 aromatic carbocycles. The molecule has 2 aromatic heterocycles. The van der Waals surface area contributed by atoms with Gasteiger partial charge in [-0.3, -0.25) is 4.98 Å². The second kappa shape index (κ2) is 11.2. The van der Waals surface area contributed by atoms with Crippen LogP contribution in [0.1, 0.15) is 41.1 Å². The second-order valence-corrected chi connectivity index (χ2v) is 10.6. The zero-order valence-electron chi connectivity index (χ0n) is 22.4. The fourth-order valence-corrected chi connectivity index (χ4v) is 5.99. The Morgan fingerprint density at radius 1 is 1.05 bits per heavy atom. The fraction of sp³-hybridized carbons (Fsp3) is 0.448. The Balaban J connectivity index is 1.48. The zero-order chi connectivity index (χ0) is 25.9. The minimum Gasteiger partial charge on any atom is -0.378 e. The lowest BCUT2D eigenvalue weighted by atomic mass is 9.96. The van der Waals surface area contributed by atoms with Crippen LogP contribution in [-0.4, -0.2) is 78.0 Å². The van der Waals surface area contributed by atoms with Crippen molar-refractivity contribution in [3.63, 3.8) is 0 Å². The first-order valence-corrected chi connectivity index (χ1v) is 13.6. The van der Waals surface area contributed by atoms with Gasteiger partial charge in [0, 0.05) is 48.6 Å². The Hall–Kier alpha value is -2.94. The van der Waals surface area contributed by atoms with E-state index in [4.69, 9.17) is 21.9 Å². The highest BCUT2D eigenvalue weighted by Gasteiger charge is 2.41. The number of anilines is 1. The van der Waals surface area contributed by atoms with Gasteiger partial charge in [0.1, 0.15) is 0 Å². The zero-order valence-corrected chi connectivity index (χ0v) is 23.2. The molecule has 5 rings (SSSR count). The van der Waals surface area contributed by atoms with E-state index in [2.05, 4.69) is 95.0 Å². The van der Waals surface area contributed by atoms with Crippen LogP contribution in [0.15, 0.2) is 54.7 Å². The molecule has 0 unspecified atom stereocenters. The molecule has 196 valence electrons. The van der Waals surface area contributed by atoms with Gasteiger partial charge in [-0.05, 0) is 101 Å². The number of thiocarbonyl (C=S) groups is 1. The first-order chi connectivity index (χ1) is 17.9. The Bertz CT molecular complexity index is 1200. The highest BCUT2D eigenvalue weighted by atomic mass is 32.1. The molecule has 37 heavy (non-hydrogen) atoms. The number of morpholine rings is 1.